The van der Waals surface area contributed by atoms with Crippen LogP contribution in [0.5, 0.6) is 0 Å². The van der Waals surface area contributed by atoms with Gasteiger partial charge in [0, 0.05) is 31.7 Å². The van der Waals surface area contributed by atoms with Crippen molar-refractivity contribution in [3.05, 3.63) is 115 Å². The summed E-state index contributed by atoms with van der Waals surface area (Å²) in [6, 6.07) is 33.7. The Balaban J connectivity index is 0.000000188. The standard InChI is InChI=1S/C24H22NO.C18H24GeN.Ir/c1-2-7-17(8-3-1)15-18-13-14-25-22(16-18)21-11-6-10-20-19-9-4-5-12-23(19)26-24(20)21;1-14(2)11-16-12-18(15-9-7-6-8-10-15)20-13-17(16)19(3,4)5;/h4-6,9-10,12-14,16-17H,1-3,7-8,15H2;6-9,12-14H,11H2,1-5H3;/q2*-1;. The SMILES string of the molecule is CC(C)Cc1cc(-c2[c-]cccc2)nc[c]1[Ge]([CH3])([CH3])[CH3].[Ir].[c-]1ccc2c(oc3ccccc32)c1-c1cc(CC2CCCCC2)ccn1. The van der Waals surface area contributed by atoms with Gasteiger partial charge in [0.1, 0.15) is 5.58 Å². The minimum Gasteiger partial charge on any atom is -0.501 e. The first-order valence-corrected chi connectivity index (χ1v) is 24.3. The topological polar surface area (TPSA) is 38.9 Å². The molecule has 7 rings (SSSR count). The Bertz CT molecular complexity index is 1900. The summed E-state index contributed by atoms with van der Waals surface area (Å²) < 4.78 is 7.70. The summed E-state index contributed by atoms with van der Waals surface area (Å²) in [5.74, 6) is 8.82. The number of hydrogen-bond acceptors (Lipinski definition) is 3. The molecule has 1 radical (unpaired) electrons. The second-order valence-electron chi connectivity index (χ2n) is 14.3. The molecule has 0 amide bonds. The second-order valence-corrected chi connectivity index (χ2v) is 24.9. The Morgan fingerprint density at radius 2 is 1.62 bits per heavy atom. The van der Waals surface area contributed by atoms with Crippen molar-refractivity contribution in [1.29, 1.82) is 0 Å². The van der Waals surface area contributed by atoms with Gasteiger partial charge in [-0.15, -0.1) is 18.2 Å². The van der Waals surface area contributed by atoms with Gasteiger partial charge in [0.25, 0.3) is 0 Å². The monoisotopic (exact) mass is 861 g/mol. The normalized spacial score (nSPS) is 13.7. The van der Waals surface area contributed by atoms with Crippen LogP contribution in [0.3, 0.4) is 0 Å². The molecule has 1 saturated carbocycles. The number of hydrogen-bond donors (Lipinski definition) is 0. The molecule has 6 aromatic rings. The molecule has 1 aliphatic rings. The smallest absolute Gasteiger partial charge is 0.120 e. The van der Waals surface area contributed by atoms with E-state index in [2.05, 4.69) is 96.9 Å². The summed E-state index contributed by atoms with van der Waals surface area (Å²) in [6.07, 6.45) is 13.3. The fourth-order valence-electron chi connectivity index (χ4n) is 6.82. The van der Waals surface area contributed by atoms with Gasteiger partial charge in [0.2, 0.25) is 0 Å². The number of fused-ring (bicyclic) bond motifs is 3. The first kappa shape index (κ1) is 35.3. The molecule has 3 aromatic heterocycles. The molecule has 3 heterocycles. The van der Waals surface area contributed by atoms with Gasteiger partial charge < -0.3 is 9.40 Å². The molecule has 0 aliphatic heterocycles. The molecule has 0 saturated heterocycles. The average Bonchev–Trinajstić information content (AvgIpc) is 3.44. The predicted molar refractivity (Wildman–Crippen MR) is 196 cm³/mol. The molecule has 0 spiro atoms. The first-order chi connectivity index (χ1) is 22.3. The van der Waals surface area contributed by atoms with Crippen LogP contribution in [-0.2, 0) is 32.9 Å². The van der Waals surface area contributed by atoms with E-state index in [1.807, 2.05) is 42.6 Å². The molecule has 3 nitrogen and oxygen atoms in total. The van der Waals surface area contributed by atoms with Crippen molar-refractivity contribution < 1.29 is 24.5 Å². The van der Waals surface area contributed by atoms with E-state index in [-0.39, 0.29) is 20.1 Å². The van der Waals surface area contributed by atoms with Crippen LogP contribution in [0.15, 0.2) is 95.7 Å². The number of para-hydroxylation sites is 1. The van der Waals surface area contributed by atoms with E-state index in [0.29, 0.717) is 5.92 Å². The van der Waals surface area contributed by atoms with Crippen molar-refractivity contribution in [3.8, 4) is 22.5 Å². The quantitative estimate of drug-likeness (QED) is 0.119. The number of pyridine rings is 2. The molecule has 245 valence electrons. The summed E-state index contributed by atoms with van der Waals surface area (Å²) in [4.78, 5) is 9.33. The van der Waals surface area contributed by atoms with Crippen LogP contribution < -0.4 is 4.40 Å². The van der Waals surface area contributed by atoms with Crippen LogP contribution in [-0.4, -0.2) is 23.2 Å². The summed E-state index contributed by atoms with van der Waals surface area (Å²) in [5, 5.41) is 2.28. The van der Waals surface area contributed by atoms with Crippen molar-refractivity contribution in [2.45, 2.75) is 76.1 Å². The predicted octanol–water partition coefficient (Wildman–Crippen LogP) is 10.9. The fourth-order valence-corrected chi connectivity index (χ4v) is 10.2. The van der Waals surface area contributed by atoms with Crippen molar-refractivity contribution in [2.75, 3.05) is 0 Å². The van der Waals surface area contributed by atoms with Gasteiger partial charge >= 0.3 is 126 Å². The zero-order chi connectivity index (χ0) is 32.1. The van der Waals surface area contributed by atoms with Crippen molar-refractivity contribution in [3.63, 3.8) is 0 Å². The number of aromatic nitrogens is 2. The second kappa shape index (κ2) is 15.9. The third kappa shape index (κ3) is 8.71. The number of nitrogens with zero attached hydrogens (tertiary/aromatic N) is 2. The van der Waals surface area contributed by atoms with Gasteiger partial charge in [-0.3, -0.25) is 0 Å². The van der Waals surface area contributed by atoms with Crippen molar-refractivity contribution in [2.24, 2.45) is 11.8 Å². The molecular weight excluding hydrogens is 813 g/mol. The van der Waals surface area contributed by atoms with Crippen LogP contribution in [0.25, 0.3) is 44.5 Å². The van der Waals surface area contributed by atoms with E-state index in [1.165, 1.54) is 43.2 Å². The maximum absolute atomic E-state index is 6.16. The van der Waals surface area contributed by atoms with E-state index >= 15 is 0 Å². The molecule has 1 aliphatic carbocycles. The van der Waals surface area contributed by atoms with Crippen LogP contribution in [0.4, 0.5) is 0 Å². The summed E-state index contributed by atoms with van der Waals surface area (Å²) in [7, 11) is 0. The molecule has 1 fully saturated rings. The maximum atomic E-state index is 6.16. The summed E-state index contributed by atoms with van der Waals surface area (Å²) >= 11 is -1.86. The van der Waals surface area contributed by atoms with Crippen LogP contribution in [0.2, 0.25) is 17.3 Å². The van der Waals surface area contributed by atoms with Crippen LogP contribution >= 0.6 is 0 Å². The average molecular weight is 860 g/mol. The Hall–Kier alpha value is -3.05. The van der Waals surface area contributed by atoms with Gasteiger partial charge in [0.15, 0.2) is 0 Å². The molecule has 0 N–H and O–H groups in total. The van der Waals surface area contributed by atoms with Gasteiger partial charge in [0.05, 0.1) is 5.58 Å². The third-order valence-corrected chi connectivity index (χ3v) is 13.4. The molecule has 3 aromatic carbocycles. The Morgan fingerprint density at radius 3 is 2.36 bits per heavy atom. The maximum Gasteiger partial charge on any atom is 0.120 e. The number of rotatable bonds is 7. The summed E-state index contributed by atoms with van der Waals surface area (Å²) in [6.45, 7) is 4.57. The molecule has 5 heteroatoms. The minimum absolute atomic E-state index is 0. The Labute approximate surface area is 297 Å². The van der Waals surface area contributed by atoms with Crippen LogP contribution in [0.1, 0.15) is 57.1 Å². The number of benzene rings is 3. The van der Waals surface area contributed by atoms with Crippen LogP contribution in [0, 0.1) is 24.0 Å². The fraction of sp³-hybridized carbons (Fsp3) is 0.333. The van der Waals surface area contributed by atoms with Gasteiger partial charge in [-0.1, -0.05) is 72.9 Å². The molecule has 0 bridgehead atoms. The summed E-state index contributed by atoms with van der Waals surface area (Å²) in [5.41, 5.74) is 8.74. The van der Waals surface area contributed by atoms with Crippen molar-refractivity contribution in [1.82, 2.24) is 9.97 Å². The molecular formula is C42H46GeIrN2O-2. The Kier molecular flexibility index (Phi) is 11.9. The van der Waals surface area contributed by atoms with E-state index in [0.717, 1.165) is 63.2 Å². The zero-order valence-electron chi connectivity index (χ0n) is 28.4. The Morgan fingerprint density at radius 1 is 0.830 bits per heavy atom. The van der Waals surface area contributed by atoms with Gasteiger partial charge in [-0.05, 0) is 30.2 Å². The van der Waals surface area contributed by atoms with E-state index in [4.69, 9.17) is 9.40 Å². The third-order valence-electron chi connectivity index (χ3n) is 9.08. The number of furan rings is 1. The van der Waals surface area contributed by atoms with E-state index in [1.54, 1.807) is 4.40 Å². The molecule has 0 unspecified atom stereocenters. The van der Waals surface area contributed by atoms with E-state index in [9.17, 15) is 0 Å². The minimum atomic E-state index is -1.86. The molecule has 0 atom stereocenters. The largest absolute Gasteiger partial charge is 0.501 e. The van der Waals surface area contributed by atoms with Gasteiger partial charge in [-0.2, -0.15) is 0 Å². The van der Waals surface area contributed by atoms with E-state index < -0.39 is 13.3 Å². The first-order valence-electron chi connectivity index (χ1n) is 17.0. The molecule has 47 heavy (non-hydrogen) atoms. The van der Waals surface area contributed by atoms with Crippen molar-refractivity contribution >= 4 is 39.6 Å². The zero-order valence-corrected chi connectivity index (χ0v) is 32.9. The van der Waals surface area contributed by atoms with Gasteiger partial charge in [-0.25, -0.2) is 0 Å².